The first-order chi connectivity index (χ1) is 14.5. The summed E-state index contributed by atoms with van der Waals surface area (Å²) in [6, 6.07) is 4.94. The molecule has 0 fully saturated rings. The predicted molar refractivity (Wildman–Crippen MR) is 112 cm³/mol. The highest BCUT2D eigenvalue weighted by Crippen LogP contribution is 2.38. The fraction of sp³-hybridized carbons (Fsp3) is 0.381. The van der Waals surface area contributed by atoms with Crippen molar-refractivity contribution in [2.45, 2.75) is 32.6 Å². The number of aryl methyl sites for hydroxylation is 1. The first-order valence-electron chi connectivity index (χ1n) is 9.86. The third-order valence-electron chi connectivity index (χ3n) is 4.86. The van der Waals surface area contributed by atoms with E-state index in [9.17, 15) is 14.4 Å². The highest BCUT2D eigenvalue weighted by atomic mass is 32.1. The fourth-order valence-electron chi connectivity index (χ4n) is 3.54. The van der Waals surface area contributed by atoms with Gasteiger partial charge in [-0.15, -0.1) is 11.3 Å². The maximum absolute atomic E-state index is 12.5. The van der Waals surface area contributed by atoms with Crippen LogP contribution in [0.3, 0.4) is 0 Å². The van der Waals surface area contributed by atoms with Crippen LogP contribution < -0.4 is 20.1 Å². The Hall–Kier alpha value is -3.07. The second-order valence-electron chi connectivity index (χ2n) is 6.97. The minimum absolute atomic E-state index is 0.0246. The van der Waals surface area contributed by atoms with Crippen LogP contribution in [0.2, 0.25) is 0 Å². The number of fused-ring (bicyclic) bond motifs is 2. The van der Waals surface area contributed by atoms with Gasteiger partial charge in [0, 0.05) is 10.9 Å². The molecule has 1 aliphatic carbocycles. The normalized spacial score (nSPS) is 14.6. The summed E-state index contributed by atoms with van der Waals surface area (Å²) in [6.07, 6.45) is 3.81. The van der Waals surface area contributed by atoms with E-state index in [2.05, 4.69) is 10.6 Å². The zero-order valence-electron chi connectivity index (χ0n) is 16.5. The topological polar surface area (TPSA) is 103 Å². The Morgan fingerprint density at radius 1 is 1.27 bits per heavy atom. The molecule has 0 bridgehead atoms. The summed E-state index contributed by atoms with van der Waals surface area (Å²) in [4.78, 5) is 37.6. The lowest BCUT2D eigenvalue weighted by Gasteiger charge is -2.18. The Morgan fingerprint density at radius 2 is 2.10 bits per heavy atom. The highest BCUT2D eigenvalue weighted by molar-refractivity contribution is 7.17. The van der Waals surface area contributed by atoms with Crippen LogP contribution in [0.15, 0.2) is 18.2 Å². The molecular weight excluding hydrogens is 408 g/mol. The number of rotatable bonds is 6. The third kappa shape index (κ3) is 4.25. The minimum atomic E-state index is -0.404. The van der Waals surface area contributed by atoms with Gasteiger partial charge in [-0.25, -0.2) is 4.79 Å². The third-order valence-corrected chi connectivity index (χ3v) is 6.06. The van der Waals surface area contributed by atoms with Crippen LogP contribution in [0.4, 0.5) is 10.7 Å². The Kier molecular flexibility index (Phi) is 5.89. The van der Waals surface area contributed by atoms with E-state index in [0.717, 1.165) is 36.1 Å². The summed E-state index contributed by atoms with van der Waals surface area (Å²) in [7, 11) is 0. The van der Waals surface area contributed by atoms with E-state index in [1.54, 1.807) is 25.1 Å². The standard InChI is InChI=1S/C21H22N2O6S/c1-2-27-21(26)19-13-5-3-4-6-16(13)30-20(19)23-18(25)10-28-12-7-8-15-14(9-12)22-17(24)11-29-15/h7-9H,2-6,10-11H2,1H3,(H,22,24)(H,23,25). The fourth-order valence-corrected chi connectivity index (χ4v) is 4.83. The quantitative estimate of drug-likeness (QED) is 0.683. The molecule has 8 nitrogen and oxygen atoms in total. The maximum Gasteiger partial charge on any atom is 0.341 e. The van der Waals surface area contributed by atoms with Gasteiger partial charge in [0.15, 0.2) is 13.2 Å². The average molecular weight is 430 g/mol. The van der Waals surface area contributed by atoms with Crippen molar-refractivity contribution in [1.29, 1.82) is 0 Å². The van der Waals surface area contributed by atoms with Gasteiger partial charge < -0.3 is 24.8 Å². The molecule has 2 aromatic rings. The zero-order chi connectivity index (χ0) is 21.1. The smallest absolute Gasteiger partial charge is 0.341 e. The number of nitrogens with one attached hydrogen (secondary N) is 2. The summed E-state index contributed by atoms with van der Waals surface area (Å²) in [5, 5.41) is 6.01. The van der Waals surface area contributed by atoms with Crippen LogP contribution in [0.1, 0.15) is 40.6 Å². The SMILES string of the molecule is CCOC(=O)c1c(NC(=O)COc2ccc3c(c2)NC(=O)CO3)sc2c1CCCC2. The predicted octanol–water partition coefficient (Wildman–Crippen LogP) is 3.15. The Balaban J connectivity index is 1.44. The number of carbonyl (C=O) groups is 3. The molecule has 0 saturated heterocycles. The molecule has 4 rings (SSSR count). The van der Waals surface area contributed by atoms with E-state index in [1.165, 1.54) is 11.3 Å². The van der Waals surface area contributed by atoms with Crippen molar-refractivity contribution in [2.75, 3.05) is 30.5 Å². The number of anilines is 2. The van der Waals surface area contributed by atoms with Crippen LogP contribution in [-0.4, -0.2) is 37.6 Å². The van der Waals surface area contributed by atoms with Crippen LogP contribution in [0, 0.1) is 0 Å². The summed E-state index contributed by atoms with van der Waals surface area (Å²) in [5.41, 5.74) is 1.96. The molecule has 0 unspecified atom stereocenters. The monoisotopic (exact) mass is 430 g/mol. The number of esters is 1. The van der Waals surface area contributed by atoms with Crippen molar-refractivity contribution in [3.05, 3.63) is 34.2 Å². The van der Waals surface area contributed by atoms with Gasteiger partial charge in [-0.2, -0.15) is 0 Å². The van der Waals surface area contributed by atoms with Gasteiger partial charge in [-0.1, -0.05) is 0 Å². The molecule has 30 heavy (non-hydrogen) atoms. The lowest BCUT2D eigenvalue weighted by molar-refractivity contribution is -0.119. The molecule has 1 aromatic heterocycles. The first kappa shape index (κ1) is 20.2. The molecule has 0 radical (unpaired) electrons. The highest BCUT2D eigenvalue weighted by Gasteiger charge is 2.27. The molecule has 0 atom stereocenters. The van der Waals surface area contributed by atoms with E-state index in [1.807, 2.05) is 0 Å². The van der Waals surface area contributed by atoms with Gasteiger partial charge in [-0.3, -0.25) is 9.59 Å². The van der Waals surface area contributed by atoms with E-state index < -0.39 is 5.97 Å². The molecule has 9 heteroatoms. The van der Waals surface area contributed by atoms with E-state index in [0.29, 0.717) is 27.8 Å². The first-order valence-corrected chi connectivity index (χ1v) is 10.7. The summed E-state index contributed by atoms with van der Waals surface area (Å²) in [5.74, 6) is -0.0540. The van der Waals surface area contributed by atoms with Crippen molar-refractivity contribution in [3.63, 3.8) is 0 Å². The number of hydrogen-bond acceptors (Lipinski definition) is 7. The molecule has 2 N–H and O–H groups in total. The van der Waals surface area contributed by atoms with Crippen molar-refractivity contribution in [3.8, 4) is 11.5 Å². The second-order valence-corrected chi connectivity index (χ2v) is 8.07. The minimum Gasteiger partial charge on any atom is -0.484 e. The Morgan fingerprint density at radius 3 is 2.93 bits per heavy atom. The summed E-state index contributed by atoms with van der Waals surface area (Å²) >= 11 is 1.43. The number of hydrogen-bond donors (Lipinski definition) is 2. The molecule has 1 aromatic carbocycles. The van der Waals surface area contributed by atoms with Crippen LogP contribution in [0.25, 0.3) is 0 Å². The zero-order valence-corrected chi connectivity index (χ0v) is 17.4. The van der Waals surface area contributed by atoms with Gasteiger partial charge in [-0.05, 0) is 50.3 Å². The Bertz CT molecular complexity index is 1000. The summed E-state index contributed by atoms with van der Waals surface area (Å²) in [6.45, 7) is 1.77. The molecule has 2 aliphatic rings. The lowest BCUT2D eigenvalue weighted by Crippen LogP contribution is -2.25. The van der Waals surface area contributed by atoms with Crippen LogP contribution in [-0.2, 0) is 27.2 Å². The van der Waals surface area contributed by atoms with Crippen molar-refractivity contribution >= 4 is 39.8 Å². The molecule has 0 spiro atoms. The van der Waals surface area contributed by atoms with Gasteiger partial charge in [0.05, 0.1) is 17.9 Å². The molecule has 0 saturated carbocycles. The number of amides is 2. The van der Waals surface area contributed by atoms with Gasteiger partial charge in [0.2, 0.25) is 0 Å². The Labute approximate surface area is 177 Å². The molecule has 2 heterocycles. The van der Waals surface area contributed by atoms with Crippen molar-refractivity contribution in [2.24, 2.45) is 0 Å². The van der Waals surface area contributed by atoms with Crippen molar-refractivity contribution in [1.82, 2.24) is 0 Å². The second kappa shape index (κ2) is 8.74. The van der Waals surface area contributed by atoms with Crippen molar-refractivity contribution < 1.29 is 28.6 Å². The largest absolute Gasteiger partial charge is 0.484 e. The molecule has 2 amide bonds. The summed E-state index contributed by atoms with van der Waals surface area (Å²) < 4.78 is 16.1. The van der Waals surface area contributed by atoms with E-state index in [4.69, 9.17) is 14.2 Å². The number of carbonyl (C=O) groups excluding carboxylic acids is 3. The number of benzene rings is 1. The average Bonchev–Trinajstić information content (AvgIpc) is 3.09. The number of ether oxygens (including phenoxy) is 3. The number of thiophene rings is 1. The molecule has 158 valence electrons. The van der Waals surface area contributed by atoms with Crippen LogP contribution >= 0.6 is 11.3 Å². The molecule has 1 aliphatic heterocycles. The van der Waals surface area contributed by atoms with Gasteiger partial charge >= 0.3 is 5.97 Å². The van der Waals surface area contributed by atoms with E-state index in [-0.39, 0.29) is 31.6 Å². The van der Waals surface area contributed by atoms with Gasteiger partial charge in [0.1, 0.15) is 16.5 Å². The lowest BCUT2D eigenvalue weighted by atomic mass is 9.95. The molecular formula is C21H22N2O6S. The van der Waals surface area contributed by atoms with E-state index >= 15 is 0 Å². The maximum atomic E-state index is 12.5. The van der Waals surface area contributed by atoms with Crippen LogP contribution in [0.5, 0.6) is 11.5 Å². The van der Waals surface area contributed by atoms with Gasteiger partial charge in [0.25, 0.3) is 11.8 Å².